The van der Waals surface area contributed by atoms with Crippen LogP contribution < -0.4 is 15.4 Å². The van der Waals surface area contributed by atoms with Crippen LogP contribution in [0, 0.1) is 0 Å². The molecule has 0 bridgehead atoms. The van der Waals surface area contributed by atoms with Gasteiger partial charge in [0.15, 0.2) is 6.61 Å². The van der Waals surface area contributed by atoms with Gasteiger partial charge in [-0.15, -0.1) is 0 Å². The molecule has 0 unspecified atom stereocenters. The Balaban J connectivity index is 1.62. The highest BCUT2D eigenvalue weighted by Crippen LogP contribution is 2.17. The van der Waals surface area contributed by atoms with Crippen LogP contribution in [-0.2, 0) is 24.3 Å². The number of hydrogen-bond acceptors (Lipinski definition) is 6. The third-order valence-electron chi connectivity index (χ3n) is 4.23. The first kappa shape index (κ1) is 21.8. The fourth-order valence-electron chi connectivity index (χ4n) is 2.82. The Morgan fingerprint density at radius 2 is 1.71 bits per heavy atom. The van der Waals surface area contributed by atoms with E-state index in [1.54, 1.807) is 18.2 Å². The van der Waals surface area contributed by atoms with Crippen LogP contribution in [0.1, 0.15) is 38.5 Å². The van der Waals surface area contributed by atoms with Gasteiger partial charge in [0.1, 0.15) is 0 Å². The summed E-state index contributed by atoms with van der Waals surface area (Å²) in [5, 5.41) is 4.82. The van der Waals surface area contributed by atoms with Crippen LogP contribution in [0.2, 0.25) is 0 Å². The molecule has 1 fully saturated rings. The van der Waals surface area contributed by atoms with E-state index in [4.69, 9.17) is 4.74 Å². The summed E-state index contributed by atoms with van der Waals surface area (Å²) in [6.45, 7) is -0.776. The van der Waals surface area contributed by atoms with Gasteiger partial charge in [-0.25, -0.2) is 17.9 Å². The predicted molar refractivity (Wildman–Crippen MR) is 101 cm³/mol. The molecule has 1 aromatic carbocycles. The van der Waals surface area contributed by atoms with Crippen molar-refractivity contribution in [1.29, 1.82) is 0 Å². The van der Waals surface area contributed by atoms with E-state index in [1.807, 2.05) is 0 Å². The summed E-state index contributed by atoms with van der Waals surface area (Å²) in [5.74, 6) is -1.50. The molecule has 1 aliphatic rings. The lowest BCUT2D eigenvalue weighted by Gasteiger charge is -2.22. The van der Waals surface area contributed by atoms with Gasteiger partial charge in [0.25, 0.3) is 5.91 Å². The van der Waals surface area contributed by atoms with Gasteiger partial charge in [0.05, 0.1) is 11.3 Å². The molecule has 0 heterocycles. The first-order valence-corrected chi connectivity index (χ1v) is 10.7. The number of carbonyl (C=O) groups is 3. The first-order chi connectivity index (χ1) is 13.4. The molecule has 1 aliphatic carbocycles. The van der Waals surface area contributed by atoms with Crippen molar-refractivity contribution in [1.82, 2.24) is 15.4 Å². The highest BCUT2D eigenvalue weighted by Gasteiger charge is 2.18. The number of ether oxygens (including phenoxy) is 1. The molecule has 0 spiro atoms. The van der Waals surface area contributed by atoms with Crippen molar-refractivity contribution in [2.45, 2.75) is 49.5 Å². The lowest BCUT2D eigenvalue weighted by Crippen LogP contribution is -2.46. The van der Waals surface area contributed by atoms with E-state index in [0.29, 0.717) is 0 Å². The number of carbonyl (C=O) groups excluding carboxylic acids is 3. The van der Waals surface area contributed by atoms with Crippen LogP contribution in [-0.4, -0.2) is 45.5 Å². The quantitative estimate of drug-likeness (QED) is 0.548. The van der Waals surface area contributed by atoms with Crippen molar-refractivity contribution in [2.75, 3.05) is 13.2 Å². The smallest absolute Gasteiger partial charge is 0.321 e. The standard InChI is InChI=1S/C18H25N3O6S/c22-16(21-18(24)20-14-7-3-1-4-8-14)13-27-17(23)11-12-19-28(25,26)15-9-5-2-6-10-15/h2,5-6,9-10,14,19H,1,3-4,7-8,11-13H2,(H2,20,21,22,24). The third-order valence-corrected chi connectivity index (χ3v) is 5.71. The molecule has 0 aliphatic heterocycles. The normalized spacial score (nSPS) is 14.9. The van der Waals surface area contributed by atoms with Crippen molar-refractivity contribution < 1.29 is 27.5 Å². The number of sulfonamides is 1. The van der Waals surface area contributed by atoms with Gasteiger partial charge in [0.2, 0.25) is 10.0 Å². The van der Waals surface area contributed by atoms with Crippen LogP contribution in [0.3, 0.4) is 0 Å². The average Bonchev–Trinajstić information content (AvgIpc) is 2.67. The van der Waals surface area contributed by atoms with Crippen LogP contribution in [0.15, 0.2) is 35.2 Å². The minimum atomic E-state index is -3.71. The highest BCUT2D eigenvalue weighted by atomic mass is 32.2. The number of rotatable bonds is 8. The number of nitrogens with one attached hydrogen (secondary N) is 3. The molecule has 0 saturated heterocycles. The Morgan fingerprint density at radius 1 is 1.04 bits per heavy atom. The maximum absolute atomic E-state index is 12.0. The second-order valence-electron chi connectivity index (χ2n) is 6.48. The molecule has 0 radical (unpaired) electrons. The number of urea groups is 1. The molecule has 0 atom stereocenters. The summed E-state index contributed by atoms with van der Waals surface area (Å²) in [4.78, 5) is 35.1. The molecule has 1 aromatic rings. The Bertz CT molecular complexity index is 776. The molecule has 2 rings (SSSR count). The fraction of sp³-hybridized carbons (Fsp3) is 0.500. The first-order valence-electron chi connectivity index (χ1n) is 9.17. The highest BCUT2D eigenvalue weighted by molar-refractivity contribution is 7.89. The average molecular weight is 411 g/mol. The Morgan fingerprint density at radius 3 is 2.39 bits per heavy atom. The van der Waals surface area contributed by atoms with E-state index in [0.717, 1.165) is 32.1 Å². The van der Waals surface area contributed by atoms with Gasteiger partial charge in [-0.1, -0.05) is 37.5 Å². The monoisotopic (exact) mass is 411 g/mol. The number of hydrogen-bond donors (Lipinski definition) is 3. The topological polar surface area (TPSA) is 131 Å². The zero-order valence-electron chi connectivity index (χ0n) is 15.5. The van der Waals surface area contributed by atoms with E-state index < -0.39 is 34.5 Å². The van der Waals surface area contributed by atoms with Gasteiger partial charge in [-0.05, 0) is 25.0 Å². The Labute approximate surface area is 164 Å². The van der Waals surface area contributed by atoms with E-state index in [-0.39, 0.29) is 23.9 Å². The van der Waals surface area contributed by atoms with E-state index in [1.165, 1.54) is 12.1 Å². The van der Waals surface area contributed by atoms with Crippen molar-refractivity contribution in [3.63, 3.8) is 0 Å². The van der Waals surface area contributed by atoms with E-state index >= 15 is 0 Å². The molecule has 1 saturated carbocycles. The summed E-state index contributed by atoms with van der Waals surface area (Å²) >= 11 is 0. The minimum Gasteiger partial charge on any atom is -0.456 e. The number of amides is 3. The summed E-state index contributed by atoms with van der Waals surface area (Å²) in [5.41, 5.74) is 0. The molecule has 0 aromatic heterocycles. The molecule has 3 N–H and O–H groups in total. The summed E-state index contributed by atoms with van der Waals surface area (Å²) in [7, 11) is -3.71. The van der Waals surface area contributed by atoms with Crippen molar-refractivity contribution in [2.24, 2.45) is 0 Å². The lowest BCUT2D eigenvalue weighted by atomic mass is 9.96. The summed E-state index contributed by atoms with van der Waals surface area (Å²) < 4.78 is 31.0. The van der Waals surface area contributed by atoms with Gasteiger partial charge in [0, 0.05) is 12.6 Å². The maximum atomic E-state index is 12.0. The molecule has 3 amide bonds. The second-order valence-corrected chi connectivity index (χ2v) is 8.25. The number of esters is 1. The number of imide groups is 1. The second kappa shape index (κ2) is 10.8. The molecule has 9 nitrogen and oxygen atoms in total. The number of benzene rings is 1. The summed E-state index contributed by atoms with van der Waals surface area (Å²) in [6.07, 6.45) is 4.77. The zero-order chi connectivity index (χ0) is 20.4. The van der Waals surface area contributed by atoms with Crippen molar-refractivity contribution in [3.05, 3.63) is 30.3 Å². The van der Waals surface area contributed by atoms with Crippen molar-refractivity contribution >= 4 is 27.9 Å². The SMILES string of the molecule is O=C(COC(=O)CCNS(=O)(=O)c1ccccc1)NC(=O)NC1CCCCC1. The van der Waals surface area contributed by atoms with Gasteiger partial charge < -0.3 is 10.1 Å². The molecule has 154 valence electrons. The van der Waals surface area contributed by atoms with Crippen molar-refractivity contribution in [3.8, 4) is 0 Å². The van der Waals surface area contributed by atoms with Gasteiger partial charge in [-0.2, -0.15) is 0 Å². The fourth-order valence-corrected chi connectivity index (χ4v) is 3.87. The van der Waals surface area contributed by atoms with E-state index in [9.17, 15) is 22.8 Å². The molecular formula is C18H25N3O6S. The van der Waals surface area contributed by atoms with Gasteiger partial charge >= 0.3 is 12.0 Å². The van der Waals surface area contributed by atoms with Crippen LogP contribution in [0.4, 0.5) is 4.79 Å². The summed E-state index contributed by atoms with van der Waals surface area (Å²) in [6, 6.07) is 7.19. The third kappa shape index (κ3) is 7.65. The zero-order valence-corrected chi connectivity index (χ0v) is 16.3. The predicted octanol–water partition coefficient (Wildman–Crippen LogP) is 1.06. The van der Waals surface area contributed by atoms with Crippen LogP contribution >= 0.6 is 0 Å². The van der Waals surface area contributed by atoms with E-state index in [2.05, 4.69) is 15.4 Å². The maximum Gasteiger partial charge on any atom is 0.321 e. The lowest BCUT2D eigenvalue weighted by molar-refractivity contribution is -0.148. The van der Waals surface area contributed by atoms with Crippen LogP contribution in [0.25, 0.3) is 0 Å². The minimum absolute atomic E-state index is 0.0572. The molecule has 10 heteroatoms. The van der Waals surface area contributed by atoms with Crippen LogP contribution in [0.5, 0.6) is 0 Å². The largest absolute Gasteiger partial charge is 0.456 e. The molecular weight excluding hydrogens is 386 g/mol. The van der Waals surface area contributed by atoms with Gasteiger partial charge in [-0.3, -0.25) is 14.9 Å². The Hall–Kier alpha value is -2.46. The molecule has 28 heavy (non-hydrogen) atoms. The Kier molecular flexibility index (Phi) is 8.40.